The summed E-state index contributed by atoms with van der Waals surface area (Å²) in [5.41, 5.74) is 4.12. The molecule has 2 aliphatic rings. The van der Waals surface area contributed by atoms with E-state index in [0.29, 0.717) is 13.1 Å². The molecule has 35 heavy (non-hydrogen) atoms. The number of amides is 1. The monoisotopic (exact) mass is 478 g/mol. The molecule has 0 radical (unpaired) electrons. The van der Waals surface area contributed by atoms with E-state index < -0.39 is 0 Å². The van der Waals surface area contributed by atoms with Crippen molar-refractivity contribution in [3.63, 3.8) is 0 Å². The van der Waals surface area contributed by atoms with E-state index in [4.69, 9.17) is 4.74 Å². The van der Waals surface area contributed by atoms with E-state index in [0.717, 1.165) is 60.4 Å². The quantitative estimate of drug-likeness (QED) is 0.559. The maximum absolute atomic E-state index is 13.3. The normalized spacial score (nSPS) is 19.9. The number of nitrogens with one attached hydrogen (secondary N) is 1. The fraction of sp³-hybridized carbons (Fsp3) is 0.500. The molecule has 5 rings (SSSR count). The molecule has 1 aromatic carbocycles. The second kappa shape index (κ2) is 9.56. The second-order valence-corrected chi connectivity index (χ2v) is 10.1. The lowest BCUT2D eigenvalue weighted by atomic mass is 9.68. The molecule has 1 amide bonds. The average Bonchev–Trinajstić information content (AvgIpc) is 3.25. The third-order valence-electron chi connectivity index (χ3n) is 7.53. The van der Waals surface area contributed by atoms with Gasteiger partial charge < -0.3 is 24.6 Å². The Kier molecular flexibility index (Phi) is 6.48. The first-order chi connectivity index (χ1) is 16.9. The number of ether oxygens (including phenoxy) is 1. The van der Waals surface area contributed by atoms with Gasteiger partial charge in [0.05, 0.1) is 26.3 Å². The first-order valence-corrected chi connectivity index (χ1v) is 12.2. The molecule has 3 aromatic rings. The van der Waals surface area contributed by atoms with Gasteiger partial charge in [-0.15, -0.1) is 0 Å². The molecule has 9 nitrogen and oxygen atoms in total. The Hall–Kier alpha value is -3.01. The van der Waals surface area contributed by atoms with Gasteiger partial charge in [0.1, 0.15) is 12.1 Å². The van der Waals surface area contributed by atoms with Crippen LogP contribution in [0.3, 0.4) is 0 Å². The summed E-state index contributed by atoms with van der Waals surface area (Å²) >= 11 is 0. The number of hydrogen-bond donors (Lipinski definition) is 2. The van der Waals surface area contributed by atoms with Crippen LogP contribution < -0.4 is 4.74 Å². The average molecular weight is 479 g/mol. The van der Waals surface area contributed by atoms with Crippen molar-refractivity contribution in [2.45, 2.75) is 30.8 Å². The number of methoxy groups -OCH3 is 1. The summed E-state index contributed by atoms with van der Waals surface area (Å²) in [6.07, 6.45) is 7.15. The molecule has 4 heterocycles. The van der Waals surface area contributed by atoms with E-state index in [1.807, 2.05) is 48.4 Å². The van der Waals surface area contributed by atoms with Crippen LogP contribution >= 0.6 is 0 Å². The van der Waals surface area contributed by atoms with Gasteiger partial charge in [0, 0.05) is 59.1 Å². The molecule has 2 aromatic heterocycles. The summed E-state index contributed by atoms with van der Waals surface area (Å²) < 4.78 is 5.46. The van der Waals surface area contributed by atoms with E-state index in [9.17, 15) is 9.90 Å². The Balaban J connectivity index is 1.53. The number of aliphatic hydroxyl groups is 1. The Labute approximate surface area is 205 Å². The van der Waals surface area contributed by atoms with Crippen LogP contribution in [-0.2, 0) is 16.8 Å². The van der Waals surface area contributed by atoms with Gasteiger partial charge in [-0.25, -0.2) is 9.97 Å². The van der Waals surface area contributed by atoms with Crippen LogP contribution in [0.2, 0.25) is 0 Å². The standard InChI is InChI=1S/C26H34N6O3/c1-30(2)14-23(34)32-16-26(6-8-31(9-7-26)13-18-11-27-17-28-12-18)24-20-5-4-19(35-3)10-21(20)29-25(24)22(32)15-33/h4-5,10-12,17,22,29,33H,6-9,13-16H2,1-3H3/t22-/m1/s1. The second-order valence-electron chi connectivity index (χ2n) is 10.1. The molecule has 9 heteroatoms. The number of nitrogens with zero attached hydrogens (tertiary/aromatic N) is 5. The van der Waals surface area contributed by atoms with Crippen molar-refractivity contribution in [1.29, 1.82) is 0 Å². The molecule has 2 aliphatic heterocycles. The van der Waals surface area contributed by atoms with Crippen LogP contribution in [-0.4, -0.2) is 94.7 Å². The highest BCUT2D eigenvalue weighted by atomic mass is 16.5. The zero-order valence-corrected chi connectivity index (χ0v) is 20.7. The molecule has 0 aliphatic carbocycles. The molecular weight excluding hydrogens is 444 g/mol. The van der Waals surface area contributed by atoms with E-state index in [1.54, 1.807) is 13.4 Å². The Morgan fingerprint density at radius 2 is 2.00 bits per heavy atom. The fourth-order valence-corrected chi connectivity index (χ4v) is 5.85. The predicted octanol–water partition coefficient (Wildman–Crippen LogP) is 1.94. The lowest BCUT2D eigenvalue weighted by molar-refractivity contribution is -0.138. The number of benzene rings is 1. The Morgan fingerprint density at radius 3 is 2.66 bits per heavy atom. The van der Waals surface area contributed by atoms with Crippen molar-refractivity contribution in [1.82, 2.24) is 29.7 Å². The molecule has 1 fully saturated rings. The van der Waals surface area contributed by atoms with Crippen LogP contribution in [0.25, 0.3) is 10.9 Å². The highest BCUT2D eigenvalue weighted by Crippen LogP contribution is 2.49. The van der Waals surface area contributed by atoms with Gasteiger partial charge in [0.2, 0.25) is 5.91 Å². The van der Waals surface area contributed by atoms with Crippen molar-refractivity contribution in [2.24, 2.45) is 0 Å². The number of carbonyl (C=O) groups excluding carboxylic acids is 1. The number of piperidine rings is 1. The zero-order valence-electron chi connectivity index (χ0n) is 20.7. The van der Waals surface area contributed by atoms with Gasteiger partial charge in [-0.05, 0) is 57.7 Å². The summed E-state index contributed by atoms with van der Waals surface area (Å²) in [7, 11) is 5.47. The number of rotatable bonds is 6. The summed E-state index contributed by atoms with van der Waals surface area (Å²) in [4.78, 5) is 31.5. The summed E-state index contributed by atoms with van der Waals surface area (Å²) in [6, 6.07) is 5.73. The number of hydrogen-bond acceptors (Lipinski definition) is 7. The smallest absolute Gasteiger partial charge is 0.237 e. The SMILES string of the molecule is COc1ccc2c3c([nH]c2c1)[C@@H](CO)N(C(=O)CN(C)C)CC31CCN(Cc2cncnc2)CC1. The molecule has 186 valence electrons. The predicted molar refractivity (Wildman–Crippen MR) is 133 cm³/mol. The summed E-state index contributed by atoms with van der Waals surface area (Å²) in [5, 5.41) is 11.6. The van der Waals surface area contributed by atoms with Gasteiger partial charge in [0.15, 0.2) is 0 Å². The number of fused-ring (bicyclic) bond motifs is 4. The fourth-order valence-electron chi connectivity index (χ4n) is 5.85. The van der Waals surface area contributed by atoms with Crippen LogP contribution in [0.5, 0.6) is 5.75 Å². The number of aromatic amines is 1. The molecule has 0 saturated carbocycles. The maximum Gasteiger partial charge on any atom is 0.237 e. The summed E-state index contributed by atoms with van der Waals surface area (Å²) in [6.45, 7) is 3.45. The number of aromatic nitrogens is 3. The maximum atomic E-state index is 13.3. The van der Waals surface area contributed by atoms with Crippen LogP contribution in [0.4, 0.5) is 0 Å². The highest BCUT2D eigenvalue weighted by Gasteiger charge is 2.48. The molecule has 0 bridgehead atoms. The van der Waals surface area contributed by atoms with Gasteiger partial charge >= 0.3 is 0 Å². The third kappa shape index (κ3) is 4.39. The van der Waals surface area contributed by atoms with Crippen molar-refractivity contribution >= 4 is 16.8 Å². The number of likely N-dealkylation sites (tertiary alicyclic amines) is 1. The van der Waals surface area contributed by atoms with Crippen molar-refractivity contribution in [3.8, 4) is 5.75 Å². The van der Waals surface area contributed by atoms with E-state index in [-0.39, 0.29) is 24.0 Å². The van der Waals surface area contributed by atoms with E-state index in [1.165, 1.54) is 5.56 Å². The van der Waals surface area contributed by atoms with Gasteiger partial charge in [-0.3, -0.25) is 9.69 Å². The minimum Gasteiger partial charge on any atom is -0.497 e. The van der Waals surface area contributed by atoms with E-state index in [2.05, 4.69) is 25.9 Å². The molecule has 1 atom stereocenters. The van der Waals surface area contributed by atoms with E-state index >= 15 is 0 Å². The topological polar surface area (TPSA) is 97.8 Å². The minimum atomic E-state index is -0.388. The van der Waals surface area contributed by atoms with Crippen molar-refractivity contribution < 1.29 is 14.6 Å². The first-order valence-electron chi connectivity index (χ1n) is 12.2. The molecule has 1 saturated heterocycles. The van der Waals surface area contributed by atoms with Crippen LogP contribution in [0, 0.1) is 0 Å². The third-order valence-corrected chi connectivity index (χ3v) is 7.53. The first kappa shape index (κ1) is 23.7. The highest BCUT2D eigenvalue weighted by molar-refractivity contribution is 5.89. The lowest BCUT2D eigenvalue weighted by Crippen LogP contribution is -2.56. The van der Waals surface area contributed by atoms with Crippen LogP contribution in [0.1, 0.15) is 35.7 Å². The van der Waals surface area contributed by atoms with Gasteiger partial charge in [-0.1, -0.05) is 0 Å². The number of aliphatic hydroxyl groups excluding tert-OH is 1. The van der Waals surface area contributed by atoms with Gasteiger partial charge in [0.25, 0.3) is 0 Å². The Bertz CT molecular complexity index is 1190. The number of H-pyrrole nitrogens is 1. The zero-order chi connectivity index (χ0) is 24.6. The van der Waals surface area contributed by atoms with Crippen LogP contribution in [0.15, 0.2) is 36.9 Å². The van der Waals surface area contributed by atoms with Gasteiger partial charge in [-0.2, -0.15) is 0 Å². The molecule has 1 spiro atoms. The summed E-state index contributed by atoms with van der Waals surface area (Å²) in [5.74, 6) is 0.824. The number of carbonyl (C=O) groups is 1. The molecular formula is C26H34N6O3. The number of likely N-dealkylation sites (N-methyl/N-ethyl adjacent to an activating group) is 1. The van der Waals surface area contributed by atoms with Crippen molar-refractivity contribution in [2.75, 3.05) is 54.0 Å². The molecule has 0 unspecified atom stereocenters. The molecule has 2 N–H and O–H groups in total. The lowest BCUT2D eigenvalue weighted by Gasteiger charge is -2.50. The largest absolute Gasteiger partial charge is 0.497 e. The Morgan fingerprint density at radius 1 is 1.26 bits per heavy atom. The van der Waals surface area contributed by atoms with Crippen molar-refractivity contribution in [3.05, 3.63) is 53.7 Å². The minimum absolute atomic E-state index is 0.0409.